The van der Waals surface area contributed by atoms with E-state index in [0.29, 0.717) is 23.8 Å². The van der Waals surface area contributed by atoms with Crippen LogP contribution >= 0.6 is 0 Å². The van der Waals surface area contributed by atoms with Crippen LogP contribution in [0.25, 0.3) is 0 Å². The van der Waals surface area contributed by atoms with Gasteiger partial charge in [0.25, 0.3) is 0 Å². The Bertz CT molecular complexity index is 308. The number of amides is 1. The summed E-state index contributed by atoms with van der Waals surface area (Å²) in [6.07, 6.45) is 3.58. The van der Waals surface area contributed by atoms with E-state index in [1.54, 1.807) is 0 Å². The summed E-state index contributed by atoms with van der Waals surface area (Å²) in [5.74, 6) is 2.20. The largest absolute Gasteiger partial charge is 0.323 e. The second kappa shape index (κ2) is 5.20. The van der Waals surface area contributed by atoms with E-state index >= 15 is 0 Å². The summed E-state index contributed by atoms with van der Waals surface area (Å²) in [5, 5.41) is 3.56. The van der Waals surface area contributed by atoms with E-state index in [2.05, 4.69) is 44.8 Å². The third-order valence-electron chi connectivity index (χ3n) is 4.31. The van der Waals surface area contributed by atoms with Crippen molar-refractivity contribution in [3.63, 3.8) is 0 Å². The van der Waals surface area contributed by atoms with E-state index in [1.165, 1.54) is 12.8 Å². The van der Waals surface area contributed by atoms with E-state index in [4.69, 9.17) is 0 Å². The maximum absolute atomic E-state index is 12.6. The molecule has 1 saturated heterocycles. The molecule has 2 fully saturated rings. The van der Waals surface area contributed by atoms with Crippen molar-refractivity contribution in [2.75, 3.05) is 0 Å². The number of carbonyl (C=O) groups excluding carboxylic acids is 1. The highest BCUT2D eigenvalue weighted by atomic mass is 16.2. The van der Waals surface area contributed by atoms with Crippen molar-refractivity contribution in [3.8, 4) is 0 Å². The van der Waals surface area contributed by atoms with Crippen molar-refractivity contribution in [1.82, 2.24) is 10.2 Å². The molecule has 18 heavy (non-hydrogen) atoms. The minimum absolute atomic E-state index is 0.0494. The van der Waals surface area contributed by atoms with Crippen molar-refractivity contribution >= 4 is 5.91 Å². The number of hydrogen-bond acceptors (Lipinski definition) is 2. The van der Waals surface area contributed by atoms with Crippen LogP contribution in [0.4, 0.5) is 0 Å². The lowest BCUT2D eigenvalue weighted by molar-refractivity contribution is -0.136. The molecule has 1 amide bonds. The third kappa shape index (κ3) is 2.56. The Hall–Kier alpha value is -0.570. The van der Waals surface area contributed by atoms with E-state index in [0.717, 1.165) is 12.3 Å². The van der Waals surface area contributed by atoms with Crippen LogP contribution in [0.2, 0.25) is 0 Å². The Labute approximate surface area is 111 Å². The standard InChI is InChI=1S/C15H28N2O/c1-9(2)6-13-15(18)17(12-7-11(5)8-12)14(16-13)10(3)4/h9-14,16H,6-8H2,1-5H3. The second-order valence-electron chi connectivity index (χ2n) is 7.01. The number of carbonyl (C=O) groups is 1. The first kappa shape index (κ1) is 13.9. The smallest absolute Gasteiger partial charge is 0.241 e. The quantitative estimate of drug-likeness (QED) is 0.834. The molecule has 3 nitrogen and oxygen atoms in total. The van der Waals surface area contributed by atoms with Gasteiger partial charge in [0, 0.05) is 6.04 Å². The van der Waals surface area contributed by atoms with Gasteiger partial charge in [0.05, 0.1) is 12.2 Å². The summed E-state index contributed by atoms with van der Waals surface area (Å²) < 4.78 is 0. The number of nitrogens with one attached hydrogen (secondary N) is 1. The van der Waals surface area contributed by atoms with Gasteiger partial charge in [-0.05, 0) is 37.0 Å². The first-order chi connectivity index (χ1) is 8.40. The Morgan fingerprint density at radius 2 is 1.89 bits per heavy atom. The molecule has 0 spiro atoms. The van der Waals surface area contributed by atoms with Gasteiger partial charge in [0.1, 0.15) is 0 Å². The molecular formula is C15H28N2O. The Kier molecular flexibility index (Phi) is 4.00. The molecule has 2 atom stereocenters. The number of rotatable bonds is 4. The van der Waals surface area contributed by atoms with Gasteiger partial charge in [0.15, 0.2) is 0 Å². The predicted octanol–water partition coefficient (Wildman–Crippen LogP) is 2.61. The molecule has 2 unspecified atom stereocenters. The summed E-state index contributed by atoms with van der Waals surface area (Å²) in [7, 11) is 0. The van der Waals surface area contributed by atoms with Crippen molar-refractivity contribution in [3.05, 3.63) is 0 Å². The average molecular weight is 252 g/mol. The van der Waals surface area contributed by atoms with Gasteiger partial charge >= 0.3 is 0 Å². The topological polar surface area (TPSA) is 32.3 Å². The zero-order valence-electron chi connectivity index (χ0n) is 12.4. The molecule has 1 heterocycles. The summed E-state index contributed by atoms with van der Waals surface area (Å²) in [6, 6.07) is 0.540. The molecule has 1 N–H and O–H groups in total. The predicted molar refractivity (Wildman–Crippen MR) is 74.0 cm³/mol. The molecule has 0 aromatic carbocycles. The molecule has 0 bridgehead atoms. The molecular weight excluding hydrogens is 224 g/mol. The Morgan fingerprint density at radius 3 is 2.33 bits per heavy atom. The molecule has 1 saturated carbocycles. The van der Waals surface area contributed by atoms with Gasteiger partial charge in [-0.15, -0.1) is 0 Å². The average Bonchev–Trinajstić information content (AvgIpc) is 2.51. The van der Waals surface area contributed by atoms with Crippen LogP contribution in [0.1, 0.15) is 53.9 Å². The van der Waals surface area contributed by atoms with Gasteiger partial charge < -0.3 is 4.90 Å². The monoisotopic (exact) mass is 252 g/mol. The fourth-order valence-corrected chi connectivity index (χ4v) is 3.32. The lowest BCUT2D eigenvalue weighted by Gasteiger charge is -2.43. The van der Waals surface area contributed by atoms with Crippen molar-refractivity contribution in [1.29, 1.82) is 0 Å². The van der Waals surface area contributed by atoms with Gasteiger partial charge in [-0.2, -0.15) is 0 Å². The zero-order valence-corrected chi connectivity index (χ0v) is 12.4. The summed E-state index contributed by atoms with van der Waals surface area (Å²) in [4.78, 5) is 14.7. The van der Waals surface area contributed by atoms with Gasteiger partial charge in [-0.1, -0.05) is 34.6 Å². The van der Waals surface area contributed by atoms with Crippen LogP contribution in [-0.2, 0) is 4.79 Å². The van der Waals surface area contributed by atoms with Crippen LogP contribution in [0.15, 0.2) is 0 Å². The van der Waals surface area contributed by atoms with Gasteiger partial charge in [0.2, 0.25) is 5.91 Å². The van der Waals surface area contributed by atoms with Crippen molar-refractivity contribution in [2.45, 2.75) is 72.1 Å². The van der Waals surface area contributed by atoms with Crippen LogP contribution in [-0.4, -0.2) is 29.1 Å². The van der Waals surface area contributed by atoms with Crippen LogP contribution in [0, 0.1) is 17.8 Å². The highest BCUT2D eigenvalue weighted by molar-refractivity contribution is 5.84. The maximum atomic E-state index is 12.6. The lowest BCUT2D eigenvalue weighted by Crippen LogP contribution is -2.52. The van der Waals surface area contributed by atoms with E-state index in [1.807, 2.05) is 0 Å². The molecule has 0 aromatic rings. The highest BCUT2D eigenvalue weighted by Crippen LogP contribution is 2.36. The fourth-order valence-electron chi connectivity index (χ4n) is 3.32. The van der Waals surface area contributed by atoms with Crippen LogP contribution < -0.4 is 5.32 Å². The van der Waals surface area contributed by atoms with E-state index in [-0.39, 0.29) is 12.2 Å². The molecule has 0 radical (unpaired) electrons. The second-order valence-corrected chi connectivity index (χ2v) is 7.01. The summed E-state index contributed by atoms with van der Waals surface area (Å²) >= 11 is 0. The maximum Gasteiger partial charge on any atom is 0.241 e. The first-order valence-electron chi connectivity index (χ1n) is 7.48. The van der Waals surface area contributed by atoms with E-state index < -0.39 is 0 Å². The summed E-state index contributed by atoms with van der Waals surface area (Å²) in [5.41, 5.74) is 0. The van der Waals surface area contributed by atoms with E-state index in [9.17, 15) is 4.79 Å². The molecule has 1 aliphatic heterocycles. The molecule has 1 aliphatic carbocycles. The van der Waals surface area contributed by atoms with Crippen molar-refractivity contribution < 1.29 is 4.79 Å². The number of hydrogen-bond donors (Lipinski definition) is 1. The zero-order chi connectivity index (χ0) is 13.4. The normalized spacial score (nSPS) is 36.6. The van der Waals surface area contributed by atoms with Gasteiger partial charge in [-0.25, -0.2) is 0 Å². The Morgan fingerprint density at radius 1 is 1.28 bits per heavy atom. The number of nitrogens with zero attached hydrogens (tertiary/aromatic N) is 1. The molecule has 2 aliphatic rings. The van der Waals surface area contributed by atoms with Crippen molar-refractivity contribution in [2.24, 2.45) is 17.8 Å². The lowest BCUT2D eigenvalue weighted by atomic mass is 9.80. The minimum Gasteiger partial charge on any atom is -0.323 e. The molecule has 2 rings (SSSR count). The third-order valence-corrected chi connectivity index (χ3v) is 4.31. The Balaban J connectivity index is 2.07. The SMILES string of the molecule is CC(C)CC1NC(C(C)C)N(C2CC(C)C2)C1=O. The molecule has 104 valence electrons. The first-order valence-corrected chi connectivity index (χ1v) is 7.48. The summed E-state index contributed by atoms with van der Waals surface area (Å²) in [6.45, 7) is 11.1. The molecule has 3 heteroatoms. The highest BCUT2D eigenvalue weighted by Gasteiger charge is 2.46. The van der Waals surface area contributed by atoms with Crippen LogP contribution in [0.5, 0.6) is 0 Å². The van der Waals surface area contributed by atoms with Gasteiger partial charge in [-0.3, -0.25) is 10.1 Å². The molecule has 0 aromatic heterocycles. The fraction of sp³-hybridized carbons (Fsp3) is 0.933. The minimum atomic E-state index is 0.0494. The van der Waals surface area contributed by atoms with Crippen LogP contribution in [0.3, 0.4) is 0 Å².